The lowest BCUT2D eigenvalue weighted by Crippen LogP contribution is -2.43. The highest BCUT2D eigenvalue weighted by Gasteiger charge is 2.29. The minimum Gasteiger partial charge on any atom is -0.378 e. The maximum atomic E-state index is 11.9. The van der Waals surface area contributed by atoms with E-state index in [1.165, 1.54) is 11.3 Å². The quantitative estimate of drug-likeness (QED) is 0.883. The molecule has 88 valence electrons. The first-order valence-corrected chi connectivity index (χ1v) is 6.67. The second kappa shape index (κ2) is 5.27. The van der Waals surface area contributed by atoms with Gasteiger partial charge in [0.15, 0.2) is 0 Å². The lowest BCUT2D eigenvalue weighted by atomic mass is 10.2. The third-order valence-corrected chi connectivity index (χ3v) is 4.44. The van der Waals surface area contributed by atoms with Gasteiger partial charge in [0, 0.05) is 24.7 Å². The number of ether oxygens (including phenoxy) is 1. The lowest BCUT2D eigenvalue weighted by molar-refractivity contribution is 0.0782. The van der Waals surface area contributed by atoms with E-state index in [0.717, 1.165) is 17.6 Å². The van der Waals surface area contributed by atoms with E-state index in [0.29, 0.717) is 4.88 Å². The summed E-state index contributed by atoms with van der Waals surface area (Å²) in [5.74, 6) is -0.0439. The third kappa shape index (κ3) is 2.45. The van der Waals surface area contributed by atoms with Gasteiger partial charge in [0.25, 0.3) is 5.91 Å². The molecule has 2 N–H and O–H groups in total. The number of amides is 1. The predicted molar refractivity (Wildman–Crippen MR) is 66.9 cm³/mol. The van der Waals surface area contributed by atoms with Crippen molar-refractivity contribution >= 4 is 33.2 Å². The van der Waals surface area contributed by atoms with Crippen molar-refractivity contribution in [3.8, 4) is 0 Å². The highest BCUT2D eigenvalue weighted by Crippen LogP contribution is 2.22. The van der Waals surface area contributed by atoms with Crippen LogP contribution in [0.4, 0.5) is 0 Å². The fourth-order valence-electron chi connectivity index (χ4n) is 1.74. The number of hydrogen-bond donors (Lipinski definition) is 2. The predicted octanol–water partition coefficient (Wildman–Crippen LogP) is 1.23. The molecule has 1 amide bonds. The van der Waals surface area contributed by atoms with Gasteiger partial charge in [-0.15, -0.1) is 11.3 Å². The van der Waals surface area contributed by atoms with E-state index in [9.17, 15) is 4.79 Å². The fraction of sp³-hybridized carbons (Fsp3) is 0.500. The molecule has 1 aliphatic rings. The fourth-order valence-corrected chi connectivity index (χ4v) is 3.19. The molecule has 2 heterocycles. The van der Waals surface area contributed by atoms with Gasteiger partial charge in [0.2, 0.25) is 0 Å². The Morgan fingerprint density at radius 3 is 3.12 bits per heavy atom. The molecule has 0 spiro atoms. The molecule has 1 aromatic heterocycles. The van der Waals surface area contributed by atoms with Crippen molar-refractivity contribution in [1.82, 2.24) is 10.6 Å². The molecule has 1 saturated heterocycles. The van der Waals surface area contributed by atoms with Crippen LogP contribution in [-0.2, 0) is 4.74 Å². The minimum atomic E-state index is -0.0439. The van der Waals surface area contributed by atoms with Crippen LogP contribution in [0.15, 0.2) is 15.9 Å². The molecule has 1 aromatic rings. The molecule has 1 aliphatic heterocycles. The summed E-state index contributed by atoms with van der Waals surface area (Å²) in [7, 11) is 1.66. The molecule has 2 rings (SSSR count). The molecule has 0 aromatic carbocycles. The number of hydrogen-bond acceptors (Lipinski definition) is 4. The van der Waals surface area contributed by atoms with Crippen molar-refractivity contribution in [1.29, 1.82) is 0 Å². The number of thiophene rings is 1. The van der Waals surface area contributed by atoms with E-state index >= 15 is 0 Å². The number of rotatable bonds is 3. The highest BCUT2D eigenvalue weighted by atomic mass is 79.9. The van der Waals surface area contributed by atoms with Crippen LogP contribution in [0.25, 0.3) is 0 Å². The van der Waals surface area contributed by atoms with Gasteiger partial charge in [-0.2, -0.15) is 0 Å². The molecule has 4 nitrogen and oxygen atoms in total. The molecule has 0 aliphatic carbocycles. The second-order valence-corrected chi connectivity index (χ2v) is 5.38. The second-order valence-electron chi connectivity index (χ2n) is 3.61. The molecule has 2 atom stereocenters. The standard InChI is InChI=1S/C10H13BrN2O2S/c1-15-8-5-12-4-7(8)13-10(14)9-6(11)2-3-16-9/h2-3,7-8,12H,4-5H2,1H3,(H,13,14)/t7?,8-/m0/s1. The minimum absolute atomic E-state index is 0.0439. The molecular weight excluding hydrogens is 292 g/mol. The van der Waals surface area contributed by atoms with Crippen LogP contribution in [0.1, 0.15) is 9.67 Å². The van der Waals surface area contributed by atoms with Crippen LogP contribution in [0, 0.1) is 0 Å². The summed E-state index contributed by atoms with van der Waals surface area (Å²) in [4.78, 5) is 12.6. The van der Waals surface area contributed by atoms with Gasteiger partial charge in [-0.05, 0) is 27.4 Å². The number of carbonyl (C=O) groups excluding carboxylic acids is 1. The van der Waals surface area contributed by atoms with Crippen LogP contribution < -0.4 is 10.6 Å². The largest absolute Gasteiger partial charge is 0.378 e. The van der Waals surface area contributed by atoms with Crippen molar-refractivity contribution in [3.05, 3.63) is 20.8 Å². The van der Waals surface area contributed by atoms with Crippen LogP contribution in [0.2, 0.25) is 0 Å². The van der Waals surface area contributed by atoms with Gasteiger partial charge in [0.05, 0.1) is 12.1 Å². The third-order valence-electron chi connectivity index (χ3n) is 2.60. The number of halogens is 1. The zero-order valence-corrected chi connectivity index (χ0v) is 11.2. The summed E-state index contributed by atoms with van der Waals surface area (Å²) < 4.78 is 6.13. The summed E-state index contributed by atoms with van der Waals surface area (Å²) in [5, 5.41) is 8.06. The first kappa shape index (κ1) is 12.0. The van der Waals surface area contributed by atoms with Gasteiger partial charge >= 0.3 is 0 Å². The summed E-state index contributed by atoms with van der Waals surface area (Å²) in [6.07, 6.45) is 0.0580. The topological polar surface area (TPSA) is 50.4 Å². The van der Waals surface area contributed by atoms with Crippen molar-refractivity contribution in [2.45, 2.75) is 12.1 Å². The molecule has 1 fully saturated rings. The molecular formula is C10H13BrN2O2S. The Bertz CT molecular complexity index is 383. The Morgan fingerprint density at radius 2 is 2.50 bits per heavy atom. The Balaban J connectivity index is 2.00. The normalized spacial score (nSPS) is 24.6. The lowest BCUT2D eigenvalue weighted by Gasteiger charge is -2.18. The SMILES string of the molecule is CO[C@H]1CNCC1NC(=O)c1sccc1Br. The van der Waals surface area contributed by atoms with E-state index in [-0.39, 0.29) is 18.1 Å². The number of nitrogens with one attached hydrogen (secondary N) is 2. The first-order valence-electron chi connectivity index (χ1n) is 4.99. The van der Waals surface area contributed by atoms with E-state index in [2.05, 4.69) is 26.6 Å². The van der Waals surface area contributed by atoms with Crippen molar-refractivity contribution < 1.29 is 9.53 Å². The van der Waals surface area contributed by atoms with E-state index in [1.807, 2.05) is 11.4 Å². The van der Waals surface area contributed by atoms with Gasteiger partial charge in [-0.25, -0.2) is 0 Å². The monoisotopic (exact) mass is 304 g/mol. The van der Waals surface area contributed by atoms with E-state index in [1.54, 1.807) is 7.11 Å². The zero-order chi connectivity index (χ0) is 11.5. The molecule has 6 heteroatoms. The summed E-state index contributed by atoms with van der Waals surface area (Å²) in [5.41, 5.74) is 0. The smallest absolute Gasteiger partial charge is 0.262 e. The summed E-state index contributed by atoms with van der Waals surface area (Å²) in [6, 6.07) is 1.92. The molecule has 16 heavy (non-hydrogen) atoms. The molecule has 0 radical (unpaired) electrons. The molecule has 1 unspecified atom stereocenters. The van der Waals surface area contributed by atoms with Crippen molar-refractivity contribution in [2.75, 3.05) is 20.2 Å². The van der Waals surface area contributed by atoms with Gasteiger partial charge < -0.3 is 15.4 Å². The average Bonchev–Trinajstić information content (AvgIpc) is 2.86. The van der Waals surface area contributed by atoms with Crippen molar-refractivity contribution in [3.63, 3.8) is 0 Å². The Hall–Kier alpha value is -0.430. The maximum absolute atomic E-state index is 11.9. The van der Waals surface area contributed by atoms with Crippen LogP contribution >= 0.6 is 27.3 Å². The van der Waals surface area contributed by atoms with Gasteiger partial charge in [-0.1, -0.05) is 0 Å². The Morgan fingerprint density at radius 1 is 1.69 bits per heavy atom. The Kier molecular flexibility index (Phi) is 3.96. The van der Waals surface area contributed by atoms with Gasteiger partial charge in [-0.3, -0.25) is 4.79 Å². The molecule has 0 saturated carbocycles. The van der Waals surface area contributed by atoms with Gasteiger partial charge in [0.1, 0.15) is 4.88 Å². The highest BCUT2D eigenvalue weighted by molar-refractivity contribution is 9.10. The van der Waals surface area contributed by atoms with Crippen LogP contribution in [-0.4, -0.2) is 38.3 Å². The molecule has 0 bridgehead atoms. The average molecular weight is 305 g/mol. The van der Waals surface area contributed by atoms with E-state index < -0.39 is 0 Å². The van der Waals surface area contributed by atoms with Crippen molar-refractivity contribution in [2.24, 2.45) is 0 Å². The summed E-state index contributed by atoms with van der Waals surface area (Å²) in [6.45, 7) is 1.54. The Labute approximate surface area is 106 Å². The van der Waals surface area contributed by atoms with Crippen LogP contribution in [0.5, 0.6) is 0 Å². The zero-order valence-electron chi connectivity index (χ0n) is 8.83. The van der Waals surface area contributed by atoms with E-state index in [4.69, 9.17) is 4.74 Å². The number of carbonyl (C=O) groups is 1. The summed E-state index contributed by atoms with van der Waals surface area (Å²) >= 11 is 4.78. The first-order chi connectivity index (χ1) is 7.72. The maximum Gasteiger partial charge on any atom is 0.262 e. The van der Waals surface area contributed by atoms with Crippen LogP contribution in [0.3, 0.4) is 0 Å². The number of methoxy groups -OCH3 is 1.